The molecule has 0 aromatic heterocycles. The van der Waals surface area contributed by atoms with Gasteiger partial charge in [0.1, 0.15) is 11.6 Å². The molecule has 5 nitrogen and oxygen atoms in total. The predicted octanol–water partition coefficient (Wildman–Crippen LogP) is 0.112. The van der Waals surface area contributed by atoms with Crippen molar-refractivity contribution in [3.8, 4) is 5.75 Å². The van der Waals surface area contributed by atoms with Gasteiger partial charge in [-0.2, -0.15) is 0 Å². The molecular weight excluding hydrogens is 199 g/mol. The molecule has 82 valence electrons. The number of hydrazone groups is 1. The number of nitrogens with one attached hydrogen (secondary N) is 1. The van der Waals surface area contributed by atoms with E-state index in [-0.39, 0.29) is 11.8 Å². The number of hydrogen-bond acceptors (Lipinski definition) is 3. The van der Waals surface area contributed by atoms with Gasteiger partial charge in [0.2, 0.25) is 5.96 Å². The molecule has 0 saturated heterocycles. The zero-order valence-corrected chi connectivity index (χ0v) is 8.33. The molecule has 0 aliphatic rings. The zero-order valence-electron chi connectivity index (χ0n) is 8.33. The van der Waals surface area contributed by atoms with E-state index < -0.39 is 0 Å². The van der Waals surface area contributed by atoms with Crippen molar-refractivity contribution in [1.29, 1.82) is 0 Å². The summed E-state index contributed by atoms with van der Waals surface area (Å²) in [7, 11) is 1.51. The van der Waals surface area contributed by atoms with Gasteiger partial charge in [0.05, 0.1) is 13.7 Å². The molecule has 0 aliphatic carbocycles. The van der Waals surface area contributed by atoms with Gasteiger partial charge in [0, 0.05) is 5.56 Å². The molecule has 0 atom stereocenters. The van der Waals surface area contributed by atoms with Gasteiger partial charge in [0.25, 0.3) is 0 Å². The Kier molecular flexibility index (Phi) is 3.73. The van der Waals surface area contributed by atoms with Gasteiger partial charge in [-0.05, 0) is 18.2 Å². The third-order valence-electron chi connectivity index (χ3n) is 1.72. The Labute approximate surface area is 86.9 Å². The Balaban J connectivity index is 2.74. The SMILES string of the molecule is COc1ccc(F)cc1CNN=C(N)N. The Morgan fingerprint density at radius 1 is 1.53 bits per heavy atom. The Morgan fingerprint density at radius 2 is 2.27 bits per heavy atom. The highest BCUT2D eigenvalue weighted by Crippen LogP contribution is 2.18. The molecule has 0 bridgehead atoms. The van der Waals surface area contributed by atoms with Gasteiger partial charge in [-0.25, -0.2) is 4.39 Å². The standard InChI is InChI=1S/C9H13FN4O/c1-15-8-3-2-7(10)4-6(8)5-13-14-9(11)12/h2-4,13H,5H2,1H3,(H4,11,12,14). The van der Waals surface area contributed by atoms with Crippen LogP contribution in [0.1, 0.15) is 5.56 Å². The molecule has 1 aromatic carbocycles. The highest BCUT2D eigenvalue weighted by atomic mass is 19.1. The number of guanidine groups is 1. The van der Waals surface area contributed by atoms with Crippen molar-refractivity contribution < 1.29 is 9.13 Å². The van der Waals surface area contributed by atoms with E-state index in [1.807, 2.05) is 0 Å². The van der Waals surface area contributed by atoms with Crippen LogP contribution in [0, 0.1) is 5.82 Å². The minimum Gasteiger partial charge on any atom is -0.496 e. The Hall–Kier alpha value is -1.98. The first-order valence-corrected chi connectivity index (χ1v) is 4.27. The van der Waals surface area contributed by atoms with Crippen LogP contribution in [0.4, 0.5) is 4.39 Å². The quantitative estimate of drug-likeness (QED) is 0.375. The van der Waals surface area contributed by atoms with Gasteiger partial charge in [-0.15, -0.1) is 5.10 Å². The highest BCUT2D eigenvalue weighted by Gasteiger charge is 2.03. The zero-order chi connectivity index (χ0) is 11.3. The van der Waals surface area contributed by atoms with Gasteiger partial charge in [0.15, 0.2) is 0 Å². The van der Waals surface area contributed by atoms with Crippen LogP contribution in [0.3, 0.4) is 0 Å². The Morgan fingerprint density at radius 3 is 2.87 bits per heavy atom. The summed E-state index contributed by atoms with van der Waals surface area (Å²) in [5.41, 5.74) is 13.5. The average Bonchev–Trinajstić information content (AvgIpc) is 2.17. The lowest BCUT2D eigenvalue weighted by molar-refractivity contribution is 0.406. The minimum atomic E-state index is -0.336. The van der Waals surface area contributed by atoms with Crippen molar-refractivity contribution in [1.82, 2.24) is 5.43 Å². The molecule has 0 fully saturated rings. The number of rotatable bonds is 4. The fourth-order valence-electron chi connectivity index (χ4n) is 1.10. The fourth-order valence-corrected chi connectivity index (χ4v) is 1.10. The molecule has 0 saturated carbocycles. The third kappa shape index (κ3) is 3.34. The molecule has 0 unspecified atom stereocenters. The van der Waals surface area contributed by atoms with E-state index >= 15 is 0 Å². The topological polar surface area (TPSA) is 85.7 Å². The van der Waals surface area contributed by atoms with Crippen LogP contribution in [-0.2, 0) is 6.54 Å². The van der Waals surface area contributed by atoms with Gasteiger partial charge in [-0.1, -0.05) is 0 Å². The van der Waals surface area contributed by atoms with Crippen molar-refractivity contribution in [2.75, 3.05) is 7.11 Å². The molecule has 1 aromatic rings. The lowest BCUT2D eigenvalue weighted by Gasteiger charge is -2.07. The molecule has 15 heavy (non-hydrogen) atoms. The smallest absolute Gasteiger partial charge is 0.208 e. The summed E-state index contributed by atoms with van der Waals surface area (Å²) in [4.78, 5) is 0. The summed E-state index contributed by atoms with van der Waals surface area (Å²) < 4.78 is 17.9. The molecular formula is C9H13FN4O. The average molecular weight is 212 g/mol. The molecule has 0 radical (unpaired) electrons. The van der Waals surface area contributed by atoms with Crippen LogP contribution in [0.15, 0.2) is 23.3 Å². The van der Waals surface area contributed by atoms with E-state index in [1.165, 1.54) is 19.2 Å². The second kappa shape index (κ2) is 5.04. The second-order valence-corrected chi connectivity index (χ2v) is 2.83. The summed E-state index contributed by atoms with van der Waals surface area (Å²) in [5.74, 6) is 0.164. The highest BCUT2D eigenvalue weighted by molar-refractivity contribution is 5.75. The molecule has 0 aliphatic heterocycles. The van der Waals surface area contributed by atoms with Gasteiger partial charge in [-0.3, -0.25) is 0 Å². The maximum Gasteiger partial charge on any atom is 0.208 e. The fraction of sp³-hybridized carbons (Fsp3) is 0.222. The normalized spacial score (nSPS) is 9.47. The van der Waals surface area contributed by atoms with Crippen LogP contribution < -0.4 is 21.6 Å². The first-order valence-electron chi connectivity index (χ1n) is 4.27. The van der Waals surface area contributed by atoms with Gasteiger partial charge >= 0.3 is 0 Å². The maximum atomic E-state index is 12.9. The van der Waals surface area contributed by atoms with Gasteiger partial charge < -0.3 is 21.6 Å². The van der Waals surface area contributed by atoms with E-state index in [0.29, 0.717) is 17.9 Å². The molecule has 5 N–H and O–H groups in total. The largest absolute Gasteiger partial charge is 0.496 e. The number of halogens is 1. The van der Waals surface area contributed by atoms with Crippen LogP contribution in [0.2, 0.25) is 0 Å². The van der Waals surface area contributed by atoms with Crippen LogP contribution in [0.25, 0.3) is 0 Å². The third-order valence-corrected chi connectivity index (χ3v) is 1.72. The molecule has 0 heterocycles. The van der Waals surface area contributed by atoms with E-state index in [9.17, 15) is 4.39 Å². The van der Waals surface area contributed by atoms with E-state index in [1.54, 1.807) is 6.07 Å². The summed E-state index contributed by atoms with van der Waals surface area (Å²) in [5, 5.41) is 3.57. The van der Waals surface area contributed by atoms with E-state index in [0.717, 1.165) is 0 Å². The molecule has 0 spiro atoms. The number of ether oxygens (including phenoxy) is 1. The van der Waals surface area contributed by atoms with Crippen LogP contribution in [0.5, 0.6) is 5.75 Å². The number of methoxy groups -OCH3 is 1. The van der Waals surface area contributed by atoms with Crippen LogP contribution in [-0.4, -0.2) is 13.1 Å². The Bertz CT molecular complexity index is 363. The molecule has 1 rings (SSSR count). The summed E-state index contributed by atoms with van der Waals surface area (Å²) in [6.45, 7) is 0.291. The number of nitrogens with zero attached hydrogens (tertiary/aromatic N) is 1. The lowest BCUT2D eigenvalue weighted by atomic mass is 10.2. The first-order chi connectivity index (χ1) is 7.13. The summed E-state index contributed by atoms with van der Waals surface area (Å²) >= 11 is 0. The molecule has 6 heteroatoms. The molecule has 0 amide bonds. The minimum absolute atomic E-state index is 0.0784. The summed E-state index contributed by atoms with van der Waals surface area (Å²) in [6, 6.07) is 4.22. The van der Waals surface area contributed by atoms with Crippen LogP contribution >= 0.6 is 0 Å². The van der Waals surface area contributed by atoms with Crippen molar-refractivity contribution in [2.24, 2.45) is 16.6 Å². The monoisotopic (exact) mass is 212 g/mol. The summed E-state index contributed by atoms with van der Waals surface area (Å²) in [6.07, 6.45) is 0. The second-order valence-electron chi connectivity index (χ2n) is 2.83. The van der Waals surface area contributed by atoms with Crippen molar-refractivity contribution in [2.45, 2.75) is 6.54 Å². The number of hydrogen-bond donors (Lipinski definition) is 3. The van der Waals surface area contributed by atoms with E-state index in [4.69, 9.17) is 16.2 Å². The predicted molar refractivity (Wildman–Crippen MR) is 55.6 cm³/mol. The van der Waals surface area contributed by atoms with Crippen molar-refractivity contribution in [3.63, 3.8) is 0 Å². The first kappa shape index (κ1) is 11.1. The number of nitrogens with two attached hydrogens (primary N) is 2. The lowest BCUT2D eigenvalue weighted by Crippen LogP contribution is -2.26. The van der Waals surface area contributed by atoms with Crippen molar-refractivity contribution >= 4 is 5.96 Å². The van der Waals surface area contributed by atoms with E-state index in [2.05, 4.69) is 10.5 Å². The van der Waals surface area contributed by atoms with Crippen molar-refractivity contribution in [3.05, 3.63) is 29.6 Å². The number of benzene rings is 1. The maximum absolute atomic E-state index is 12.9.